The molecule has 0 amide bonds. The molecule has 0 aliphatic heterocycles. The first-order chi connectivity index (χ1) is 9.28. The van der Waals surface area contributed by atoms with E-state index in [0.29, 0.717) is 6.42 Å². The first kappa shape index (κ1) is 16.3. The minimum atomic E-state index is -1.17. The average molecular weight is 282 g/mol. The Balaban J connectivity index is 2.62. The quantitative estimate of drug-likeness (QED) is 0.335. The first-order valence-electron chi connectivity index (χ1n) is 6.46. The van der Waals surface area contributed by atoms with Crippen molar-refractivity contribution in [3.8, 4) is 0 Å². The third-order valence-corrected chi connectivity index (χ3v) is 3.07. The highest BCUT2D eigenvalue weighted by molar-refractivity contribution is 6.04. The molecule has 0 N–H and O–H groups in total. The van der Waals surface area contributed by atoms with Gasteiger partial charge in [0.25, 0.3) is 0 Å². The lowest BCUT2D eigenvalue weighted by molar-refractivity contribution is -0.161. The topological polar surface area (TPSA) is 61.8 Å². The summed E-state index contributed by atoms with van der Waals surface area (Å²) in [6.07, 6.45) is 7.26. The maximum Gasteiger partial charge on any atom is 0.323 e. The molecule has 0 aromatic heterocycles. The molecule has 1 aliphatic rings. The van der Waals surface area contributed by atoms with Crippen LogP contribution >= 0.6 is 0 Å². The largest absolute Gasteiger partial charge is 0.496 e. The third kappa shape index (κ3) is 3.62. The molecule has 1 fully saturated rings. The summed E-state index contributed by atoms with van der Waals surface area (Å²) in [5, 5.41) is 0. The van der Waals surface area contributed by atoms with Crippen LogP contribution in [-0.4, -0.2) is 31.8 Å². The van der Waals surface area contributed by atoms with Crippen LogP contribution in [0.25, 0.3) is 0 Å². The summed E-state index contributed by atoms with van der Waals surface area (Å²) < 4.78 is 14.8. The number of methoxy groups -OCH3 is 2. The molecule has 112 valence electrons. The fraction of sp³-hybridized carbons (Fsp3) is 0.600. The zero-order valence-electron chi connectivity index (χ0n) is 12.6. The van der Waals surface area contributed by atoms with Crippen molar-refractivity contribution in [3.05, 3.63) is 24.5 Å². The number of hydrogen-bond donors (Lipinski definition) is 0. The van der Waals surface area contributed by atoms with E-state index in [1.54, 1.807) is 24.5 Å². The maximum atomic E-state index is 11.7. The van der Waals surface area contributed by atoms with Crippen molar-refractivity contribution >= 4 is 11.9 Å². The van der Waals surface area contributed by atoms with Crippen molar-refractivity contribution in [2.75, 3.05) is 14.2 Å². The molecular formula is C15H22O5. The van der Waals surface area contributed by atoms with E-state index in [2.05, 4.69) is 9.47 Å². The minimum absolute atomic E-state index is 0.193. The second-order valence-electron chi connectivity index (χ2n) is 5.71. The molecule has 0 aromatic carbocycles. The van der Waals surface area contributed by atoms with Gasteiger partial charge in [0.05, 0.1) is 26.1 Å². The number of carbonyl (C=O) groups is 2. The minimum Gasteiger partial charge on any atom is -0.496 e. The molecule has 0 aromatic rings. The van der Waals surface area contributed by atoms with Crippen molar-refractivity contribution in [2.24, 2.45) is 11.3 Å². The molecule has 1 saturated carbocycles. The molecule has 1 rings (SSSR count). The van der Waals surface area contributed by atoms with Gasteiger partial charge in [0.15, 0.2) is 5.41 Å². The van der Waals surface area contributed by atoms with Crippen molar-refractivity contribution in [2.45, 2.75) is 32.8 Å². The van der Waals surface area contributed by atoms with Gasteiger partial charge < -0.3 is 14.2 Å². The van der Waals surface area contributed by atoms with Gasteiger partial charge in [-0.3, -0.25) is 9.59 Å². The van der Waals surface area contributed by atoms with Crippen LogP contribution in [0.3, 0.4) is 0 Å². The predicted molar refractivity (Wildman–Crippen MR) is 73.7 cm³/mol. The summed E-state index contributed by atoms with van der Waals surface area (Å²) in [7, 11) is 2.53. The highest BCUT2D eigenvalue weighted by Gasteiger charge is 2.66. The van der Waals surface area contributed by atoms with Crippen LogP contribution in [0.1, 0.15) is 27.2 Å². The highest BCUT2D eigenvalue weighted by Crippen LogP contribution is 2.55. The SMILES string of the molecule is COC(=O)C1(C(=O)OC)CC1/C=C/C=C/OC(C)(C)C. The van der Waals surface area contributed by atoms with Gasteiger partial charge in [-0.05, 0) is 33.3 Å². The molecule has 0 spiro atoms. The number of rotatable bonds is 5. The van der Waals surface area contributed by atoms with Crippen LogP contribution in [0.15, 0.2) is 24.5 Å². The van der Waals surface area contributed by atoms with Gasteiger partial charge in [0.2, 0.25) is 0 Å². The Kier molecular flexibility index (Phi) is 4.98. The van der Waals surface area contributed by atoms with Crippen LogP contribution in [0.4, 0.5) is 0 Å². The molecule has 1 atom stereocenters. The summed E-state index contributed by atoms with van der Waals surface area (Å²) in [5.74, 6) is -1.29. The van der Waals surface area contributed by atoms with Crippen LogP contribution in [0, 0.1) is 11.3 Å². The Labute approximate surface area is 119 Å². The van der Waals surface area contributed by atoms with Crippen molar-refractivity contribution < 1.29 is 23.8 Å². The Morgan fingerprint density at radius 2 is 1.65 bits per heavy atom. The van der Waals surface area contributed by atoms with Crippen LogP contribution in [0.2, 0.25) is 0 Å². The second kappa shape index (κ2) is 6.11. The van der Waals surface area contributed by atoms with Gasteiger partial charge in [-0.15, -0.1) is 0 Å². The van der Waals surface area contributed by atoms with Gasteiger partial charge in [-0.25, -0.2) is 0 Å². The van der Waals surface area contributed by atoms with Gasteiger partial charge in [-0.2, -0.15) is 0 Å². The number of hydrogen-bond acceptors (Lipinski definition) is 5. The number of ether oxygens (including phenoxy) is 3. The molecule has 20 heavy (non-hydrogen) atoms. The van der Waals surface area contributed by atoms with Crippen molar-refractivity contribution in [1.82, 2.24) is 0 Å². The van der Waals surface area contributed by atoms with E-state index in [9.17, 15) is 9.59 Å². The molecule has 0 radical (unpaired) electrons. The first-order valence-corrected chi connectivity index (χ1v) is 6.46. The molecule has 1 unspecified atom stereocenters. The molecule has 0 saturated heterocycles. The van der Waals surface area contributed by atoms with Crippen LogP contribution in [-0.2, 0) is 23.8 Å². The van der Waals surface area contributed by atoms with E-state index in [1.165, 1.54) is 14.2 Å². The van der Waals surface area contributed by atoms with E-state index in [1.807, 2.05) is 20.8 Å². The molecule has 5 heteroatoms. The lowest BCUT2D eigenvalue weighted by Crippen LogP contribution is -2.30. The van der Waals surface area contributed by atoms with Gasteiger partial charge in [0.1, 0.15) is 0 Å². The van der Waals surface area contributed by atoms with Crippen molar-refractivity contribution in [1.29, 1.82) is 0 Å². The Hall–Kier alpha value is -1.78. The fourth-order valence-electron chi connectivity index (χ4n) is 1.92. The molecule has 0 heterocycles. The highest BCUT2D eigenvalue weighted by atomic mass is 16.5. The fourth-order valence-corrected chi connectivity index (χ4v) is 1.92. The maximum absolute atomic E-state index is 11.7. The predicted octanol–water partition coefficient (Wildman–Crippen LogP) is 2.22. The standard InChI is InChI=1S/C15H22O5/c1-14(2,3)20-9-7-6-8-11-10-15(11,12(16)18-4)13(17)19-5/h6-9,11H,10H2,1-5H3/b8-6+,9-7+. The molecule has 5 nitrogen and oxygen atoms in total. The summed E-state index contributed by atoms with van der Waals surface area (Å²) >= 11 is 0. The zero-order valence-corrected chi connectivity index (χ0v) is 12.6. The summed E-state index contributed by atoms with van der Waals surface area (Å²) in [5.41, 5.74) is -1.41. The monoisotopic (exact) mass is 282 g/mol. The van der Waals surface area contributed by atoms with E-state index in [0.717, 1.165) is 0 Å². The van der Waals surface area contributed by atoms with Crippen LogP contribution in [0.5, 0.6) is 0 Å². The Morgan fingerprint density at radius 1 is 1.10 bits per heavy atom. The zero-order chi connectivity index (χ0) is 15.4. The van der Waals surface area contributed by atoms with E-state index >= 15 is 0 Å². The lowest BCUT2D eigenvalue weighted by Gasteiger charge is -2.17. The number of esters is 2. The third-order valence-electron chi connectivity index (χ3n) is 3.07. The van der Waals surface area contributed by atoms with Crippen LogP contribution < -0.4 is 0 Å². The smallest absolute Gasteiger partial charge is 0.323 e. The normalized spacial score (nSPS) is 20.9. The van der Waals surface area contributed by atoms with E-state index in [-0.39, 0.29) is 11.5 Å². The Bertz CT molecular complexity index is 412. The number of carbonyl (C=O) groups excluding carboxylic acids is 2. The number of allylic oxidation sites excluding steroid dienone is 3. The van der Waals surface area contributed by atoms with Crippen molar-refractivity contribution in [3.63, 3.8) is 0 Å². The van der Waals surface area contributed by atoms with E-state index < -0.39 is 17.4 Å². The molecule has 0 bridgehead atoms. The molecule has 1 aliphatic carbocycles. The second-order valence-corrected chi connectivity index (χ2v) is 5.71. The Morgan fingerprint density at radius 3 is 2.10 bits per heavy atom. The summed E-state index contributed by atoms with van der Waals surface area (Å²) in [4.78, 5) is 23.5. The van der Waals surface area contributed by atoms with Gasteiger partial charge in [-0.1, -0.05) is 12.2 Å². The van der Waals surface area contributed by atoms with Gasteiger partial charge >= 0.3 is 11.9 Å². The van der Waals surface area contributed by atoms with Gasteiger partial charge in [0, 0.05) is 5.92 Å². The summed E-state index contributed by atoms with van der Waals surface area (Å²) in [6.45, 7) is 5.84. The molecular weight excluding hydrogens is 260 g/mol. The lowest BCUT2D eigenvalue weighted by atomic mass is 10.0. The van der Waals surface area contributed by atoms with E-state index in [4.69, 9.17) is 4.74 Å². The summed E-state index contributed by atoms with van der Waals surface area (Å²) in [6, 6.07) is 0. The average Bonchev–Trinajstić information content (AvgIpc) is 3.10.